The van der Waals surface area contributed by atoms with Gasteiger partial charge in [0.1, 0.15) is 16.9 Å². The van der Waals surface area contributed by atoms with Crippen molar-refractivity contribution in [2.45, 2.75) is 84.3 Å². The fraction of sp³-hybridized carbons (Fsp3) is 0.640. The highest BCUT2D eigenvalue weighted by Gasteiger charge is 2.49. The van der Waals surface area contributed by atoms with Crippen LogP contribution in [-0.4, -0.2) is 52.8 Å². The van der Waals surface area contributed by atoms with Gasteiger partial charge < -0.3 is 15.3 Å². The Labute approximate surface area is 204 Å². The average molecular weight is 479 g/mol. The van der Waals surface area contributed by atoms with Crippen LogP contribution in [0.4, 0.5) is 10.6 Å². The molecule has 0 aromatic carbocycles. The largest absolute Gasteiger partial charge is 0.465 e. The van der Waals surface area contributed by atoms with Gasteiger partial charge >= 0.3 is 6.09 Å². The van der Waals surface area contributed by atoms with E-state index in [1.165, 1.54) is 11.3 Å². The highest BCUT2D eigenvalue weighted by molar-refractivity contribution is 5.88. The third kappa shape index (κ3) is 3.56. The topological polar surface area (TPSA) is 114 Å². The van der Waals surface area contributed by atoms with Gasteiger partial charge in [0.2, 0.25) is 0 Å². The summed E-state index contributed by atoms with van der Waals surface area (Å²) in [5.41, 5.74) is 6.62. The molecule has 186 valence electrons. The molecule has 2 N–H and O–H groups in total. The summed E-state index contributed by atoms with van der Waals surface area (Å²) in [4.78, 5) is 23.1. The molecule has 3 aliphatic carbocycles. The van der Waals surface area contributed by atoms with Crippen LogP contribution in [-0.2, 0) is 26.6 Å². The molecule has 10 nitrogen and oxygen atoms in total. The van der Waals surface area contributed by atoms with E-state index in [1.807, 2.05) is 25.6 Å². The number of hydrogen-bond acceptors (Lipinski definition) is 6. The number of amides is 1. The lowest BCUT2D eigenvalue weighted by Crippen LogP contribution is -2.57. The summed E-state index contributed by atoms with van der Waals surface area (Å²) >= 11 is 0. The fourth-order valence-electron chi connectivity index (χ4n) is 6.85. The second-order valence-corrected chi connectivity index (χ2v) is 11.1. The molecule has 7 rings (SSSR count). The molecular formula is C25H34N8O2. The van der Waals surface area contributed by atoms with Crippen LogP contribution in [0.1, 0.15) is 67.0 Å². The van der Waals surface area contributed by atoms with E-state index in [-0.39, 0.29) is 11.0 Å². The normalized spacial score (nSPS) is 25.8. The molecule has 1 aliphatic heterocycles. The average Bonchev–Trinajstić information content (AvgIpc) is 3.28. The Morgan fingerprint density at radius 3 is 2.43 bits per heavy atom. The van der Waals surface area contributed by atoms with Crippen molar-refractivity contribution in [2.24, 2.45) is 12.5 Å². The van der Waals surface area contributed by atoms with Gasteiger partial charge in [-0.05, 0) is 64.7 Å². The standard InChI is InChI=1S/C25H34N8O2/c1-15-18-13-32(22-21-20(26-17(3)27-22)16(2)29-31(21)4)12-5-19(18)33(30-15)14-24-6-9-25(10-7-24,11-8-24)28-23(34)35/h28H,5-14H2,1-4H3,(H,34,35). The first-order valence-electron chi connectivity index (χ1n) is 12.7. The molecule has 4 heterocycles. The lowest BCUT2D eigenvalue weighted by Gasteiger charge is -2.53. The van der Waals surface area contributed by atoms with E-state index in [1.54, 1.807) is 0 Å². The molecule has 10 heteroatoms. The molecule has 2 bridgehead atoms. The predicted molar refractivity (Wildman–Crippen MR) is 132 cm³/mol. The number of fused-ring (bicyclic) bond motifs is 5. The van der Waals surface area contributed by atoms with Crippen molar-refractivity contribution >= 4 is 22.9 Å². The lowest BCUT2D eigenvalue weighted by molar-refractivity contribution is 0.00945. The molecule has 0 atom stereocenters. The van der Waals surface area contributed by atoms with E-state index in [0.29, 0.717) is 0 Å². The second-order valence-electron chi connectivity index (χ2n) is 11.1. The van der Waals surface area contributed by atoms with Gasteiger partial charge in [-0.3, -0.25) is 9.36 Å². The molecule has 3 fully saturated rings. The van der Waals surface area contributed by atoms with Gasteiger partial charge in [-0.1, -0.05) is 0 Å². The summed E-state index contributed by atoms with van der Waals surface area (Å²) in [6, 6.07) is 0. The van der Waals surface area contributed by atoms with Crippen LogP contribution in [0.2, 0.25) is 0 Å². The number of anilines is 1. The van der Waals surface area contributed by atoms with Crippen LogP contribution < -0.4 is 10.2 Å². The predicted octanol–water partition coefficient (Wildman–Crippen LogP) is 3.41. The number of hydrogen-bond donors (Lipinski definition) is 2. The van der Waals surface area contributed by atoms with Gasteiger partial charge in [-0.15, -0.1) is 0 Å². The smallest absolute Gasteiger partial charge is 0.405 e. The molecule has 4 aliphatic rings. The van der Waals surface area contributed by atoms with Crippen molar-refractivity contribution in [1.82, 2.24) is 34.8 Å². The minimum absolute atomic E-state index is 0.210. The maximum Gasteiger partial charge on any atom is 0.405 e. The number of rotatable bonds is 4. The van der Waals surface area contributed by atoms with E-state index in [9.17, 15) is 9.90 Å². The molecule has 3 aromatic rings. The van der Waals surface area contributed by atoms with Crippen molar-refractivity contribution in [2.75, 3.05) is 11.4 Å². The first kappa shape index (κ1) is 22.3. The van der Waals surface area contributed by atoms with E-state index >= 15 is 0 Å². The van der Waals surface area contributed by atoms with Gasteiger partial charge in [0.25, 0.3) is 0 Å². The maximum absolute atomic E-state index is 11.3. The van der Waals surface area contributed by atoms with Crippen LogP contribution in [0.15, 0.2) is 0 Å². The van der Waals surface area contributed by atoms with E-state index in [0.717, 1.165) is 98.6 Å². The quantitative estimate of drug-likeness (QED) is 0.591. The van der Waals surface area contributed by atoms with Gasteiger partial charge in [-0.2, -0.15) is 10.2 Å². The van der Waals surface area contributed by atoms with Crippen molar-refractivity contribution < 1.29 is 9.90 Å². The molecule has 0 unspecified atom stereocenters. The van der Waals surface area contributed by atoms with Crippen molar-refractivity contribution in [3.8, 4) is 0 Å². The third-order valence-electron chi connectivity index (χ3n) is 8.84. The van der Waals surface area contributed by atoms with E-state index < -0.39 is 6.09 Å². The van der Waals surface area contributed by atoms with E-state index in [4.69, 9.17) is 10.1 Å². The molecule has 0 spiro atoms. The zero-order valence-electron chi connectivity index (χ0n) is 21.1. The Morgan fingerprint density at radius 1 is 1.03 bits per heavy atom. The van der Waals surface area contributed by atoms with Crippen molar-refractivity contribution in [3.05, 3.63) is 28.5 Å². The molecule has 3 aromatic heterocycles. The Balaban J connectivity index is 1.26. The molecule has 0 saturated heterocycles. The SMILES string of the molecule is Cc1nc(N2CCc3c(c(C)nn3CC34CCC(NC(=O)O)(CC3)CC4)C2)c2c(n1)c(C)nn2C. The highest BCUT2D eigenvalue weighted by atomic mass is 16.4. The second kappa shape index (κ2) is 7.66. The van der Waals surface area contributed by atoms with Gasteiger partial charge in [0, 0.05) is 49.9 Å². The Morgan fingerprint density at radius 2 is 1.74 bits per heavy atom. The first-order chi connectivity index (χ1) is 16.7. The van der Waals surface area contributed by atoms with Crippen LogP contribution in [0.25, 0.3) is 11.0 Å². The third-order valence-corrected chi connectivity index (χ3v) is 8.84. The highest BCUT2D eigenvalue weighted by Crippen LogP contribution is 2.53. The van der Waals surface area contributed by atoms with Crippen LogP contribution in [0.5, 0.6) is 0 Å². The summed E-state index contributed by atoms with van der Waals surface area (Å²) in [7, 11) is 1.96. The molecule has 0 radical (unpaired) electrons. The van der Waals surface area contributed by atoms with E-state index in [2.05, 4.69) is 31.9 Å². The number of nitrogens with zero attached hydrogens (tertiary/aromatic N) is 7. The Kier molecular flexibility index (Phi) is 4.88. The fourth-order valence-corrected chi connectivity index (χ4v) is 6.85. The summed E-state index contributed by atoms with van der Waals surface area (Å²) < 4.78 is 4.18. The van der Waals surface area contributed by atoms with Crippen molar-refractivity contribution in [1.29, 1.82) is 0 Å². The number of carboxylic acid groups (broad SMARTS) is 1. The van der Waals surface area contributed by atoms with Gasteiger partial charge in [0.05, 0.1) is 11.4 Å². The van der Waals surface area contributed by atoms with Crippen LogP contribution in [0, 0.1) is 26.2 Å². The number of carbonyl (C=O) groups is 1. The van der Waals surface area contributed by atoms with Gasteiger partial charge in [0.15, 0.2) is 5.82 Å². The molecular weight excluding hydrogens is 444 g/mol. The number of aryl methyl sites for hydroxylation is 4. The first-order valence-corrected chi connectivity index (χ1v) is 12.7. The van der Waals surface area contributed by atoms with Crippen molar-refractivity contribution in [3.63, 3.8) is 0 Å². The van der Waals surface area contributed by atoms with Gasteiger partial charge in [-0.25, -0.2) is 14.8 Å². The molecule has 1 amide bonds. The summed E-state index contributed by atoms with van der Waals surface area (Å²) in [6.45, 7) is 8.67. The summed E-state index contributed by atoms with van der Waals surface area (Å²) in [6.07, 6.45) is 6.02. The maximum atomic E-state index is 11.3. The number of aromatic nitrogens is 6. The lowest BCUT2D eigenvalue weighted by atomic mass is 9.57. The molecule has 3 saturated carbocycles. The summed E-state index contributed by atoms with van der Waals surface area (Å²) in [5.74, 6) is 1.72. The number of nitrogens with one attached hydrogen (secondary N) is 1. The Hall–Kier alpha value is -3.17. The van der Waals surface area contributed by atoms with Crippen LogP contribution >= 0.6 is 0 Å². The monoisotopic (exact) mass is 478 g/mol. The molecule has 35 heavy (non-hydrogen) atoms. The Bertz CT molecular complexity index is 1310. The zero-order valence-corrected chi connectivity index (χ0v) is 21.1. The van der Waals surface area contributed by atoms with Crippen LogP contribution in [0.3, 0.4) is 0 Å². The minimum Gasteiger partial charge on any atom is -0.465 e. The summed E-state index contributed by atoms with van der Waals surface area (Å²) in [5, 5.41) is 21.7. The minimum atomic E-state index is -0.891. The zero-order chi connectivity index (χ0) is 24.5.